The predicted octanol–water partition coefficient (Wildman–Crippen LogP) is 3.33. The maximum absolute atomic E-state index is 13.0. The van der Waals surface area contributed by atoms with Gasteiger partial charge in [-0.3, -0.25) is 14.9 Å². The Kier molecular flexibility index (Phi) is 6.28. The number of esters is 1. The fourth-order valence-electron chi connectivity index (χ4n) is 3.65. The molecule has 3 amide bonds. The predicted molar refractivity (Wildman–Crippen MR) is 107 cm³/mol. The molecule has 1 aromatic carbocycles. The Balaban J connectivity index is 1.79. The minimum atomic E-state index is -1.06. The number of ether oxygens (including phenoxy) is 1. The minimum Gasteiger partial charge on any atom is -0.452 e. The highest BCUT2D eigenvalue weighted by Gasteiger charge is 2.38. The first kappa shape index (κ1) is 20.3. The van der Waals surface area contributed by atoms with E-state index >= 15 is 0 Å². The van der Waals surface area contributed by atoms with Crippen LogP contribution in [0.2, 0.25) is 0 Å². The van der Waals surface area contributed by atoms with Gasteiger partial charge in [0.15, 0.2) is 6.10 Å². The van der Waals surface area contributed by atoms with Crippen molar-refractivity contribution in [1.29, 1.82) is 0 Å². The van der Waals surface area contributed by atoms with Crippen molar-refractivity contribution in [3.05, 3.63) is 29.3 Å². The Bertz CT molecular complexity index is 846. The Labute approximate surface area is 167 Å². The first-order valence-corrected chi connectivity index (χ1v) is 10.3. The summed E-state index contributed by atoms with van der Waals surface area (Å²) in [7, 11) is 0. The number of rotatable bonds is 5. The zero-order valence-electron chi connectivity index (χ0n) is 16.0. The summed E-state index contributed by atoms with van der Waals surface area (Å²) in [5.74, 6) is -1.76. The molecule has 0 aliphatic heterocycles. The molecule has 0 radical (unpaired) electrons. The van der Waals surface area contributed by atoms with Crippen LogP contribution in [-0.4, -0.2) is 29.0 Å². The second-order valence-corrected chi connectivity index (χ2v) is 8.53. The van der Waals surface area contributed by atoms with Gasteiger partial charge in [-0.15, -0.1) is 11.3 Å². The van der Waals surface area contributed by atoms with Gasteiger partial charge in [0.25, 0.3) is 5.91 Å². The molecular weight excluding hydrogens is 378 g/mol. The first-order chi connectivity index (χ1) is 13.4. The van der Waals surface area contributed by atoms with Gasteiger partial charge in [-0.25, -0.2) is 9.78 Å². The monoisotopic (exact) mass is 403 g/mol. The molecular formula is C20H25N3O4S. The van der Waals surface area contributed by atoms with Crippen LogP contribution in [0, 0.1) is 11.8 Å². The second kappa shape index (κ2) is 8.68. The van der Waals surface area contributed by atoms with Gasteiger partial charge in [0.1, 0.15) is 0 Å². The number of imide groups is 1. The minimum absolute atomic E-state index is 0.0225. The SMILES string of the molecule is CC(C)[C@H](OC(=O)[C@@H]1CCCC[C@@H]1c1nc2ccccc2s1)C(=O)NC(N)=O. The van der Waals surface area contributed by atoms with Crippen molar-refractivity contribution in [3.8, 4) is 0 Å². The van der Waals surface area contributed by atoms with Crippen LogP contribution in [0.4, 0.5) is 4.79 Å². The maximum Gasteiger partial charge on any atom is 0.318 e. The van der Waals surface area contributed by atoms with Crippen LogP contribution in [-0.2, 0) is 14.3 Å². The molecule has 7 nitrogen and oxygen atoms in total. The number of urea groups is 1. The summed E-state index contributed by atoms with van der Waals surface area (Å²) in [5, 5.41) is 2.94. The number of nitrogens with one attached hydrogen (secondary N) is 1. The van der Waals surface area contributed by atoms with Crippen molar-refractivity contribution in [1.82, 2.24) is 10.3 Å². The molecule has 0 bridgehead atoms. The van der Waals surface area contributed by atoms with Gasteiger partial charge in [0, 0.05) is 5.92 Å². The molecule has 0 unspecified atom stereocenters. The van der Waals surface area contributed by atoms with Crippen molar-refractivity contribution in [3.63, 3.8) is 0 Å². The number of fused-ring (bicyclic) bond motifs is 1. The van der Waals surface area contributed by atoms with E-state index in [9.17, 15) is 14.4 Å². The summed E-state index contributed by atoms with van der Waals surface area (Å²) in [6.07, 6.45) is 2.46. The highest BCUT2D eigenvalue weighted by Crippen LogP contribution is 2.41. The molecule has 3 N–H and O–H groups in total. The number of primary amides is 1. The molecule has 3 atom stereocenters. The normalized spacial score (nSPS) is 20.7. The van der Waals surface area contributed by atoms with Crippen LogP contribution in [0.15, 0.2) is 24.3 Å². The van der Waals surface area contributed by atoms with Crippen LogP contribution in [0.3, 0.4) is 0 Å². The lowest BCUT2D eigenvalue weighted by molar-refractivity contribution is -0.163. The summed E-state index contributed by atoms with van der Waals surface area (Å²) in [6, 6.07) is 6.95. The van der Waals surface area contributed by atoms with Crippen molar-refractivity contribution >= 4 is 39.5 Å². The number of hydrogen-bond donors (Lipinski definition) is 2. The molecule has 1 aliphatic rings. The number of hydrogen-bond acceptors (Lipinski definition) is 6. The van der Waals surface area contributed by atoms with Gasteiger partial charge in [-0.1, -0.05) is 38.8 Å². The van der Waals surface area contributed by atoms with Crippen molar-refractivity contribution in [2.45, 2.75) is 51.6 Å². The summed E-state index contributed by atoms with van der Waals surface area (Å²) < 4.78 is 6.65. The Hall–Kier alpha value is -2.48. The smallest absolute Gasteiger partial charge is 0.318 e. The lowest BCUT2D eigenvalue weighted by atomic mass is 9.79. The first-order valence-electron chi connectivity index (χ1n) is 9.53. The number of carbonyl (C=O) groups excluding carboxylic acids is 3. The van der Waals surface area contributed by atoms with Gasteiger partial charge in [-0.2, -0.15) is 0 Å². The number of benzene rings is 1. The lowest BCUT2D eigenvalue weighted by Crippen LogP contribution is -2.46. The molecule has 0 spiro atoms. The third kappa shape index (κ3) is 4.49. The summed E-state index contributed by atoms with van der Waals surface area (Å²) >= 11 is 1.61. The topological polar surface area (TPSA) is 111 Å². The van der Waals surface area contributed by atoms with Crippen LogP contribution < -0.4 is 11.1 Å². The highest BCUT2D eigenvalue weighted by molar-refractivity contribution is 7.18. The number of thiazole rings is 1. The van der Waals surface area contributed by atoms with E-state index in [0.29, 0.717) is 6.42 Å². The molecule has 1 aliphatic carbocycles. The molecule has 28 heavy (non-hydrogen) atoms. The molecule has 8 heteroatoms. The fourth-order valence-corrected chi connectivity index (χ4v) is 4.82. The number of amides is 3. The summed E-state index contributed by atoms with van der Waals surface area (Å²) in [6.45, 7) is 3.51. The average molecular weight is 404 g/mol. The number of nitrogens with zero attached hydrogens (tertiary/aromatic N) is 1. The van der Waals surface area contributed by atoms with Gasteiger partial charge >= 0.3 is 12.0 Å². The zero-order chi connectivity index (χ0) is 20.3. The Morgan fingerprint density at radius 1 is 1.21 bits per heavy atom. The van der Waals surface area contributed by atoms with Gasteiger partial charge < -0.3 is 10.5 Å². The molecule has 1 heterocycles. The van der Waals surface area contributed by atoms with Crippen LogP contribution in [0.5, 0.6) is 0 Å². The Morgan fingerprint density at radius 2 is 1.93 bits per heavy atom. The molecule has 1 aromatic heterocycles. The standard InChI is InChI=1S/C20H25N3O4S/c1-11(2)16(17(24)23-20(21)26)27-19(25)13-8-4-3-7-12(13)18-22-14-9-5-6-10-15(14)28-18/h5-6,9-13,16H,3-4,7-8H2,1-2H3,(H3,21,23,24,26)/t12-,13+,16-/m0/s1. The number of carbonyl (C=O) groups is 3. The van der Waals surface area contributed by atoms with Gasteiger partial charge in [0.05, 0.1) is 21.1 Å². The largest absolute Gasteiger partial charge is 0.452 e. The van der Waals surface area contributed by atoms with Crippen molar-refractivity contribution in [2.75, 3.05) is 0 Å². The van der Waals surface area contributed by atoms with E-state index in [1.54, 1.807) is 25.2 Å². The van der Waals surface area contributed by atoms with E-state index in [2.05, 4.69) is 0 Å². The molecule has 1 saturated carbocycles. The van der Waals surface area contributed by atoms with Gasteiger partial charge in [0.2, 0.25) is 0 Å². The summed E-state index contributed by atoms with van der Waals surface area (Å²) in [5.41, 5.74) is 5.95. The highest BCUT2D eigenvalue weighted by atomic mass is 32.1. The maximum atomic E-state index is 13.0. The van der Waals surface area contributed by atoms with E-state index < -0.39 is 24.0 Å². The van der Waals surface area contributed by atoms with E-state index in [0.717, 1.165) is 34.5 Å². The number of para-hydroxylation sites is 1. The van der Waals surface area contributed by atoms with Crippen LogP contribution >= 0.6 is 11.3 Å². The molecule has 150 valence electrons. The third-order valence-electron chi connectivity index (χ3n) is 5.05. The Morgan fingerprint density at radius 3 is 2.61 bits per heavy atom. The molecule has 1 fully saturated rings. The lowest BCUT2D eigenvalue weighted by Gasteiger charge is -2.30. The summed E-state index contributed by atoms with van der Waals surface area (Å²) in [4.78, 5) is 40.9. The second-order valence-electron chi connectivity index (χ2n) is 7.47. The van der Waals surface area contributed by atoms with Crippen LogP contribution in [0.1, 0.15) is 50.5 Å². The number of nitrogens with two attached hydrogens (primary N) is 1. The zero-order valence-corrected chi connectivity index (χ0v) is 16.8. The number of aromatic nitrogens is 1. The molecule has 2 aromatic rings. The van der Waals surface area contributed by atoms with Gasteiger partial charge in [-0.05, 0) is 30.9 Å². The third-order valence-corrected chi connectivity index (χ3v) is 6.22. The average Bonchev–Trinajstić information content (AvgIpc) is 3.09. The molecule has 3 rings (SSSR count). The fraction of sp³-hybridized carbons (Fsp3) is 0.500. The van der Waals surface area contributed by atoms with Crippen molar-refractivity contribution in [2.24, 2.45) is 17.6 Å². The van der Waals surface area contributed by atoms with E-state index in [-0.39, 0.29) is 17.8 Å². The van der Waals surface area contributed by atoms with E-state index in [4.69, 9.17) is 15.5 Å². The molecule has 0 saturated heterocycles. The van der Waals surface area contributed by atoms with E-state index in [1.165, 1.54) is 0 Å². The van der Waals surface area contributed by atoms with Crippen LogP contribution in [0.25, 0.3) is 10.2 Å². The van der Waals surface area contributed by atoms with E-state index in [1.807, 2.05) is 29.6 Å². The van der Waals surface area contributed by atoms with Crippen molar-refractivity contribution < 1.29 is 19.1 Å². The quantitative estimate of drug-likeness (QED) is 0.744.